The Bertz CT molecular complexity index is 634. The number of methoxy groups -OCH3 is 1. The van der Waals surface area contributed by atoms with Crippen molar-refractivity contribution in [3.63, 3.8) is 0 Å². The molecule has 2 aliphatic rings. The highest BCUT2D eigenvalue weighted by Gasteiger charge is 2.37. The first-order valence-corrected chi connectivity index (χ1v) is 6.64. The van der Waals surface area contributed by atoms with E-state index < -0.39 is 0 Å². The lowest BCUT2D eigenvalue weighted by Crippen LogP contribution is -2.24. The van der Waals surface area contributed by atoms with Crippen molar-refractivity contribution in [2.24, 2.45) is 0 Å². The maximum atomic E-state index is 12.5. The monoisotopic (exact) mass is 259 g/mol. The summed E-state index contributed by atoms with van der Waals surface area (Å²) in [6, 6.07) is 0. The zero-order chi connectivity index (χ0) is 13.7. The normalized spacial score (nSPS) is 18.5. The van der Waals surface area contributed by atoms with Crippen molar-refractivity contribution in [1.29, 1.82) is 0 Å². The van der Waals surface area contributed by atoms with Gasteiger partial charge >= 0.3 is 0 Å². The molecule has 0 N–H and O–H groups in total. The summed E-state index contributed by atoms with van der Waals surface area (Å²) in [5.41, 5.74) is 3.66. The van der Waals surface area contributed by atoms with Crippen molar-refractivity contribution in [3.05, 3.63) is 33.8 Å². The second-order valence-electron chi connectivity index (χ2n) is 5.22. The van der Waals surface area contributed by atoms with Gasteiger partial charge < -0.3 is 9.30 Å². The number of Topliss-reactive ketones (excluding diaryl/α,β-unsaturated/α-hetero) is 2. The van der Waals surface area contributed by atoms with Crippen LogP contribution in [0.3, 0.4) is 0 Å². The Morgan fingerprint density at radius 2 is 1.84 bits per heavy atom. The summed E-state index contributed by atoms with van der Waals surface area (Å²) < 4.78 is 7.18. The molecule has 1 aromatic rings. The lowest BCUT2D eigenvalue weighted by Gasteiger charge is -2.20. The number of ketones is 2. The second-order valence-corrected chi connectivity index (χ2v) is 5.22. The van der Waals surface area contributed by atoms with Gasteiger partial charge in [-0.2, -0.15) is 0 Å². The summed E-state index contributed by atoms with van der Waals surface area (Å²) >= 11 is 0. The Morgan fingerprint density at radius 1 is 1.11 bits per heavy atom. The second kappa shape index (κ2) is 4.08. The molecule has 2 heterocycles. The van der Waals surface area contributed by atoms with E-state index >= 15 is 0 Å². The molecule has 0 aromatic carbocycles. The molecule has 1 aliphatic heterocycles. The van der Waals surface area contributed by atoms with Gasteiger partial charge in [0.05, 0.1) is 12.7 Å². The summed E-state index contributed by atoms with van der Waals surface area (Å²) in [5, 5.41) is 0. The number of fused-ring (bicyclic) bond motifs is 3. The van der Waals surface area contributed by atoms with Gasteiger partial charge in [-0.3, -0.25) is 9.59 Å². The van der Waals surface area contributed by atoms with E-state index in [2.05, 4.69) is 0 Å². The molecule has 19 heavy (non-hydrogen) atoms. The third kappa shape index (κ3) is 1.46. The fraction of sp³-hybridized carbons (Fsp3) is 0.467. The Kier molecular flexibility index (Phi) is 2.62. The Hall–Kier alpha value is -1.84. The molecule has 4 nitrogen and oxygen atoms in total. The highest BCUT2D eigenvalue weighted by Crippen LogP contribution is 2.35. The van der Waals surface area contributed by atoms with Crippen LogP contribution in [0.5, 0.6) is 0 Å². The molecule has 0 spiro atoms. The van der Waals surface area contributed by atoms with E-state index in [1.54, 1.807) is 6.92 Å². The fourth-order valence-corrected chi connectivity index (χ4v) is 3.25. The lowest BCUT2D eigenvalue weighted by molar-refractivity contribution is 0.0901. The van der Waals surface area contributed by atoms with Crippen molar-refractivity contribution in [3.8, 4) is 0 Å². The highest BCUT2D eigenvalue weighted by molar-refractivity contribution is 6.26. The molecule has 0 atom stereocenters. The predicted molar refractivity (Wildman–Crippen MR) is 70.5 cm³/mol. The Labute approximate surface area is 112 Å². The molecule has 0 bridgehead atoms. The van der Waals surface area contributed by atoms with E-state index in [1.165, 1.54) is 7.11 Å². The SMILES string of the molecule is COC1=C(C)C(=O)c2c(c(C)c3n2CCCC3)C1=O. The number of carbonyl (C=O) groups excluding carboxylic acids is 2. The minimum atomic E-state index is -0.144. The first-order valence-electron chi connectivity index (χ1n) is 6.64. The summed E-state index contributed by atoms with van der Waals surface area (Å²) in [7, 11) is 1.44. The van der Waals surface area contributed by atoms with E-state index in [1.807, 2.05) is 11.5 Å². The van der Waals surface area contributed by atoms with E-state index in [4.69, 9.17) is 4.74 Å². The van der Waals surface area contributed by atoms with E-state index in [0.29, 0.717) is 16.8 Å². The summed E-state index contributed by atoms with van der Waals surface area (Å²) in [6.07, 6.45) is 3.13. The van der Waals surface area contributed by atoms with Crippen LogP contribution < -0.4 is 0 Å². The number of aromatic nitrogens is 1. The summed E-state index contributed by atoms with van der Waals surface area (Å²) in [6.45, 7) is 4.44. The van der Waals surface area contributed by atoms with E-state index in [0.717, 1.165) is 37.1 Å². The van der Waals surface area contributed by atoms with Gasteiger partial charge in [-0.05, 0) is 38.7 Å². The van der Waals surface area contributed by atoms with Gasteiger partial charge in [0.1, 0.15) is 5.69 Å². The van der Waals surface area contributed by atoms with Crippen LogP contribution in [-0.2, 0) is 17.7 Å². The standard InChI is InChI=1S/C15H17NO3/c1-8-10-6-4-5-7-16(10)12-11(8)14(18)15(19-3)9(2)13(12)17/h4-7H2,1-3H3. The highest BCUT2D eigenvalue weighted by atomic mass is 16.5. The van der Waals surface area contributed by atoms with Gasteiger partial charge in [0.15, 0.2) is 5.76 Å². The van der Waals surface area contributed by atoms with Crippen LogP contribution in [0.2, 0.25) is 0 Å². The third-order valence-electron chi connectivity index (χ3n) is 4.22. The zero-order valence-corrected chi connectivity index (χ0v) is 11.5. The van der Waals surface area contributed by atoms with Crippen LogP contribution in [-0.4, -0.2) is 23.2 Å². The van der Waals surface area contributed by atoms with Crippen molar-refractivity contribution < 1.29 is 14.3 Å². The molecule has 0 saturated heterocycles. The molecule has 100 valence electrons. The van der Waals surface area contributed by atoms with E-state index in [-0.39, 0.29) is 17.3 Å². The van der Waals surface area contributed by atoms with Crippen LogP contribution in [0, 0.1) is 6.92 Å². The molecule has 0 fully saturated rings. The Morgan fingerprint density at radius 3 is 2.53 bits per heavy atom. The number of hydrogen-bond donors (Lipinski definition) is 0. The number of rotatable bonds is 1. The molecule has 4 heteroatoms. The summed E-state index contributed by atoms with van der Waals surface area (Å²) in [5.74, 6) is -0.0137. The molecule has 0 radical (unpaired) electrons. The van der Waals surface area contributed by atoms with Gasteiger partial charge in [-0.15, -0.1) is 0 Å². The van der Waals surface area contributed by atoms with Crippen LogP contribution in [0.15, 0.2) is 11.3 Å². The lowest BCUT2D eigenvalue weighted by atomic mass is 9.91. The number of allylic oxidation sites excluding steroid dienone is 2. The maximum Gasteiger partial charge on any atom is 0.230 e. The molecular weight excluding hydrogens is 242 g/mol. The molecule has 0 amide bonds. The summed E-state index contributed by atoms with van der Waals surface area (Å²) in [4.78, 5) is 25.0. The first kappa shape index (κ1) is 12.2. The minimum absolute atomic E-state index is 0.0669. The fourth-order valence-electron chi connectivity index (χ4n) is 3.25. The largest absolute Gasteiger partial charge is 0.492 e. The van der Waals surface area contributed by atoms with Crippen LogP contribution in [0.4, 0.5) is 0 Å². The molecule has 0 saturated carbocycles. The molecule has 1 aromatic heterocycles. The first-order chi connectivity index (χ1) is 9.07. The van der Waals surface area contributed by atoms with Crippen LogP contribution >= 0.6 is 0 Å². The van der Waals surface area contributed by atoms with Crippen molar-refractivity contribution in [1.82, 2.24) is 4.57 Å². The average Bonchev–Trinajstić information content (AvgIpc) is 2.71. The molecule has 3 rings (SSSR count). The van der Waals surface area contributed by atoms with Crippen molar-refractivity contribution in [2.45, 2.75) is 39.7 Å². The number of nitrogens with zero attached hydrogens (tertiary/aromatic N) is 1. The van der Waals surface area contributed by atoms with Gasteiger partial charge in [0.25, 0.3) is 0 Å². The predicted octanol–water partition coefficient (Wildman–Crippen LogP) is 2.43. The van der Waals surface area contributed by atoms with Gasteiger partial charge in [-0.1, -0.05) is 0 Å². The number of ether oxygens (including phenoxy) is 1. The van der Waals surface area contributed by atoms with Gasteiger partial charge in [0, 0.05) is 17.8 Å². The molecule has 0 unspecified atom stereocenters. The number of carbonyl (C=O) groups is 2. The number of hydrogen-bond acceptors (Lipinski definition) is 3. The van der Waals surface area contributed by atoms with Crippen LogP contribution in [0.1, 0.15) is 51.9 Å². The van der Waals surface area contributed by atoms with Gasteiger partial charge in [0.2, 0.25) is 11.6 Å². The molecule has 1 aliphatic carbocycles. The van der Waals surface area contributed by atoms with Gasteiger partial charge in [-0.25, -0.2) is 0 Å². The minimum Gasteiger partial charge on any atom is -0.492 e. The third-order valence-corrected chi connectivity index (χ3v) is 4.22. The Balaban J connectivity index is 2.30. The van der Waals surface area contributed by atoms with E-state index in [9.17, 15) is 9.59 Å². The zero-order valence-electron chi connectivity index (χ0n) is 11.5. The molecular formula is C15H17NO3. The quantitative estimate of drug-likeness (QED) is 0.778. The topological polar surface area (TPSA) is 48.3 Å². The average molecular weight is 259 g/mol. The van der Waals surface area contributed by atoms with Crippen LogP contribution in [0.25, 0.3) is 0 Å². The van der Waals surface area contributed by atoms with Crippen molar-refractivity contribution in [2.75, 3.05) is 7.11 Å². The maximum absolute atomic E-state index is 12.5. The van der Waals surface area contributed by atoms with Crippen molar-refractivity contribution >= 4 is 11.6 Å². The smallest absolute Gasteiger partial charge is 0.230 e.